The van der Waals surface area contributed by atoms with Crippen LogP contribution in [-0.4, -0.2) is 18.8 Å². The van der Waals surface area contributed by atoms with Gasteiger partial charge in [-0.3, -0.25) is 0 Å². The zero-order valence-corrected chi connectivity index (χ0v) is 10.4. The van der Waals surface area contributed by atoms with Crippen molar-refractivity contribution in [3.8, 4) is 0 Å². The molecule has 1 saturated heterocycles. The summed E-state index contributed by atoms with van der Waals surface area (Å²) >= 11 is 5.23. The Morgan fingerprint density at radius 3 is 2.79 bits per heavy atom. The van der Waals surface area contributed by atoms with E-state index in [0.29, 0.717) is 0 Å². The molecule has 2 nitrogen and oxygen atoms in total. The van der Waals surface area contributed by atoms with Gasteiger partial charge in [0.1, 0.15) is 0 Å². The molecular weight excluding hydrogens is 262 g/mol. The Kier molecular flexibility index (Phi) is 3.27. The zero-order chi connectivity index (χ0) is 10.0. The van der Waals surface area contributed by atoms with Gasteiger partial charge in [-0.05, 0) is 41.3 Å². The van der Waals surface area contributed by atoms with Gasteiger partial charge >= 0.3 is 0 Å². The molecule has 0 aliphatic carbocycles. The quantitative estimate of drug-likeness (QED) is 0.901. The van der Waals surface area contributed by atoms with Gasteiger partial charge in [0.05, 0.1) is 0 Å². The SMILES string of the molecule is NC1(Cc2cc(Br)cs2)CCOCC1. The number of ether oxygens (including phenoxy) is 1. The normalized spacial score (nSPS) is 21.0. The van der Waals surface area contributed by atoms with Crippen molar-refractivity contribution >= 4 is 27.3 Å². The van der Waals surface area contributed by atoms with Crippen LogP contribution in [0, 0.1) is 0 Å². The first kappa shape index (κ1) is 10.6. The van der Waals surface area contributed by atoms with Crippen LogP contribution in [0.25, 0.3) is 0 Å². The highest BCUT2D eigenvalue weighted by molar-refractivity contribution is 9.10. The number of rotatable bonds is 2. The molecule has 78 valence electrons. The average molecular weight is 276 g/mol. The van der Waals surface area contributed by atoms with Gasteiger partial charge in [0.2, 0.25) is 0 Å². The number of hydrogen-bond donors (Lipinski definition) is 1. The third-order valence-corrected chi connectivity index (χ3v) is 4.33. The molecule has 1 aromatic rings. The van der Waals surface area contributed by atoms with E-state index in [1.807, 2.05) is 0 Å². The molecule has 0 atom stereocenters. The Morgan fingerprint density at radius 1 is 1.50 bits per heavy atom. The van der Waals surface area contributed by atoms with E-state index in [4.69, 9.17) is 10.5 Å². The molecule has 0 spiro atoms. The van der Waals surface area contributed by atoms with Gasteiger partial charge in [-0.15, -0.1) is 11.3 Å². The summed E-state index contributed by atoms with van der Waals surface area (Å²) in [6, 6.07) is 2.16. The lowest BCUT2D eigenvalue weighted by Gasteiger charge is -2.32. The molecule has 4 heteroatoms. The lowest BCUT2D eigenvalue weighted by molar-refractivity contribution is 0.0536. The maximum Gasteiger partial charge on any atom is 0.0483 e. The first-order chi connectivity index (χ1) is 6.68. The Morgan fingerprint density at radius 2 is 2.21 bits per heavy atom. The van der Waals surface area contributed by atoms with E-state index in [1.165, 1.54) is 4.88 Å². The van der Waals surface area contributed by atoms with Crippen molar-refractivity contribution in [2.45, 2.75) is 24.8 Å². The molecule has 0 aromatic carbocycles. The predicted octanol–water partition coefficient (Wildman–Crippen LogP) is 2.56. The Hall–Kier alpha value is 0.1000. The number of hydrogen-bond acceptors (Lipinski definition) is 3. The van der Waals surface area contributed by atoms with Crippen LogP contribution in [0.1, 0.15) is 17.7 Å². The van der Waals surface area contributed by atoms with Crippen molar-refractivity contribution in [2.24, 2.45) is 5.73 Å². The summed E-state index contributed by atoms with van der Waals surface area (Å²) in [7, 11) is 0. The lowest BCUT2D eigenvalue weighted by atomic mass is 9.87. The van der Waals surface area contributed by atoms with Crippen molar-refractivity contribution in [2.75, 3.05) is 13.2 Å². The molecule has 0 saturated carbocycles. The number of nitrogens with two attached hydrogens (primary N) is 1. The molecule has 1 aliphatic rings. The summed E-state index contributed by atoms with van der Waals surface area (Å²) in [6.07, 6.45) is 2.93. The second kappa shape index (κ2) is 4.31. The van der Waals surface area contributed by atoms with Gasteiger partial charge in [-0.2, -0.15) is 0 Å². The van der Waals surface area contributed by atoms with Crippen LogP contribution in [0.4, 0.5) is 0 Å². The van der Waals surface area contributed by atoms with E-state index in [9.17, 15) is 0 Å². The summed E-state index contributed by atoms with van der Waals surface area (Å²) in [5.74, 6) is 0. The maximum atomic E-state index is 6.31. The molecule has 0 radical (unpaired) electrons. The fourth-order valence-corrected chi connectivity index (χ4v) is 3.35. The predicted molar refractivity (Wildman–Crippen MR) is 62.7 cm³/mol. The summed E-state index contributed by atoms with van der Waals surface area (Å²) < 4.78 is 6.48. The topological polar surface area (TPSA) is 35.2 Å². The average Bonchev–Trinajstić information content (AvgIpc) is 2.51. The smallest absolute Gasteiger partial charge is 0.0483 e. The summed E-state index contributed by atoms with van der Waals surface area (Å²) in [6.45, 7) is 1.62. The second-order valence-electron chi connectivity index (χ2n) is 3.88. The van der Waals surface area contributed by atoms with E-state index >= 15 is 0 Å². The highest BCUT2D eigenvalue weighted by Crippen LogP contribution is 2.27. The van der Waals surface area contributed by atoms with Crippen LogP contribution in [0.3, 0.4) is 0 Å². The Labute approximate surface area is 96.6 Å². The van der Waals surface area contributed by atoms with Crippen LogP contribution < -0.4 is 5.73 Å². The van der Waals surface area contributed by atoms with E-state index in [0.717, 1.165) is 36.9 Å². The van der Waals surface area contributed by atoms with Crippen molar-refractivity contribution in [3.63, 3.8) is 0 Å². The molecule has 0 amide bonds. The minimum atomic E-state index is -0.0391. The van der Waals surface area contributed by atoms with Gasteiger partial charge in [0.15, 0.2) is 0 Å². The van der Waals surface area contributed by atoms with E-state index in [-0.39, 0.29) is 5.54 Å². The highest BCUT2D eigenvalue weighted by atomic mass is 79.9. The van der Waals surface area contributed by atoms with Gasteiger partial charge in [-0.25, -0.2) is 0 Å². The zero-order valence-electron chi connectivity index (χ0n) is 7.96. The van der Waals surface area contributed by atoms with Crippen molar-refractivity contribution < 1.29 is 4.74 Å². The molecule has 0 unspecified atom stereocenters. The summed E-state index contributed by atoms with van der Waals surface area (Å²) in [5.41, 5.74) is 6.27. The van der Waals surface area contributed by atoms with E-state index in [2.05, 4.69) is 27.4 Å². The third-order valence-electron chi connectivity index (χ3n) is 2.64. The molecule has 0 bridgehead atoms. The molecule has 1 fully saturated rings. The lowest BCUT2D eigenvalue weighted by Crippen LogP contribution is -2.46. The van der Waals surface area contributed by atoms with Crippen molar-refractivity contribution in [3.05, 3.63) is 20.8 Å². The largest absolute Gasteiger partial charge is 0.381 e. The first-order valence-corrected chi connectivity index (χ1v) is 6.45. The van der Waals surface area contributed by atoms with Gasteiger partial charge in [-0.1, -0.05) is 0 Å². The van der Waals surface area contributed by atoms with Crippen LogP contribution >= 0.6 is 27.3 Å². The Balaban J connectivity index is 2.01. The van der Waals surface area contributed by atoms with Crippen LogP contribution in [0.15, 0.2) is 15.9 Å². The standard InChI is InChI=1S/C10H14BrNOS/c11-8-5-9(14-7-8)6-10(12)1-3-13-4-2-10/h5,7H,1-4,6,12H2. The minimum absolute atomic E-state index is 0.0391. The number of thiophene rings is 1. The molecule has 2 rings (SSSR count). The van der Waals surface area contributed by atoms with Gasteiger partial charge in [0.25, 0.3) is 0 Å². The molecule has 2 N–H and O–H groups in total. The summed E-state index contributed by atoms with van der Waals surface area (Å²) in [5, 5.41) is 2.11. The molecule has 1 aromatic heterocycles. The highest BCUT2D eigenvalue weighted by Gasteiger charge is 2.28. The van der Waals surface area contributed by atoms with E-state index in [1.54, 1.807) is 11.3 Å². The van der Waals surface area contributed by atoms with Crippen LogP contribution in [-0.2, 0) is 11.2 Å². The molecular formula is C10H14BrNOS. The van der Waals surface area contributed by atoms with Gasteiger partial charge in [0, 0.05) is 33.5 Å². The van der Waals surface area contributed by atoms with Crippen molar-refractivity contribution in [1.29, 1.82) is 0 Å². The van der Waals surface area contributed by atoms with Crippen molar-refractivity contribution in [1.82, 2.24) is 0 Å². The molecule has 1 aliphatic heterocycles. The van der Waals surface area contributed by atoms with Crippen LogP contribution in [0.5, 0.6) is 0 Å². The fraction of sp³-hybridized carbons (Fsp3) is 0.600. The molecule has 2 heterocycles. The fourth-order valence-electron chi connectivity index (χ4n) is 1.75. The number of halogens is 1. The minimum Gasteiger partial charge on any atom is -0.381 e. The van der Waals surface area contributed by atoms with E-state index < -0.39 is 0 Å². The maximum absolute atomic E-state index is 6.31. The van der Waals surface area contributed by atoms with Gasteiger partial charge < -0.3 is 10.5 Å². The monoisotopic (exact) mass is 275 g/mol. The third kappa shape index (κ3) is 2.57. The summed E-state index contributed by atoms with van der Waals surface area (Å²) in [4.78, 5) is 1.36. The Bertz CT molecular complexity index is 307. The van der Waals surface area contributed by atoms with Crippen LogP contribution in [0.2, 0.25) is 0 Å². The first-order valence-electron chi connectivity index (χ1n) is 4.78. The second-order valence-corrected chi connectivity index (χ2v) is 5.79. The molecule has 14 heavy (non-hydrogen) atoms.